The number of likely N-dealkylation sites (N-methyl/N-ethyl adjacent to an activating group) is 1. The van der Waals surface area contributed by atoms with Gasteiger partial charge >= 0.3 is 0 Å². The van der Waals surface area contributed by atoms with Crippen LogP contribution in [0, 0.1) is 12.7 Å². The Labute approximate surface area is 211 Å². The number of halogens is 1. The topological polar surface area (TPSA) is 86.8 Å². The third kappa shape index (κ3) is 6.09. The molecule has 0 aromatic heterocycles. The number of aryl methyl sites for hydroxylation is 1. The highest BCUT2D eigenvalue weighted by Gasteiger charge is 2.34. The first-order valence-corrected chi connectivity index (χ1v) is 13.0. The molecular weight excluding hydrogens is 481 g/mol. The maximum absolute atomic E-state index is 14.8. The number of nitrogens with one attached hydrogen (secondary N) is 1. The van der Waals surface area contributed by atoms with E-state index in [1.807, 2.05) is 31.2 Å². The molecule has 0 saturated heterocycles. The Kier molecular flexibility index (Phi) is 8.82. The van der Waals surface area contributed by atoms with Crippen LogP contribution >= 0.6 is 0 Å². The van der Waals surface area contributed by atoms with Crippen LogP contribution in [0.3, 0.4) is 0 Å². The van der Waals surface area contributed by atoms with E-state index in [4.69, 9.17) is 0 Å². The summed E-state index contributed by atoms with van der Waals surface area (Å²) in [6, 6.07) is 19.6. The quantitative estimate of drug-likeness (QED) is 0.448. The van der Waals surface area contributed by atoms with E-state index in [0.29, 0.717) is 6.42 Å². The second-order valence-corrected chi connectivity index (χ2v) is 10.2. The number of hydrogen-bond acceptors (Lipinski definition) is 4. The number of benzene rings is 3. The number of sulfonamides is 1. The van der Waals surface area contributed by atoms with E-state index < -0.39 is 34.3 Å². The number of para-hydroxylation sites is 1. The Hall–Kier alpha value is -3.72. The molecule has 3 aromatic rings. The highest BCUT2D eigenvalue weighted by Crippen LogP contribution is 2.27. The third-order valence-corrected chi connectivity index (χ3v) is 7.61. The monoisotopic (exact) mass is 511 g/mol. The molecule has 3 aromatic carbocycles. The summed E-state index contributed by atoms with van der Waals surface area (Å²) in [7, 11) is -2.82. The van der Waals surface area contributed by atoms with Gasteiger partial charge in [-0.2, -0.15) is 0 Å². The molecule has 190 valence electrons. The summed E-state index contributed by atoms with van der Waals surface area (Å²) in [6.07, 6.45) is 0.308. The molecule has 1 N–H and O–H groups in total. The van der Waals surface area contributed by atoms with E-state index in [1.165, 1.54) is 42.3 Å². The van der Waals surface area contributed by atoms with Gasteiger partial charge in [0.05, 0.1) is 10.6 Å². The summed E-state index contributed by atoms with van der Waals surface area (Å²) in [6.45, 7) is 3.11. The van der Waals surface area contributed by atoms with Crippen LogP contribution in [-0.4, -0.2) is 44.8 Å². The summed E-state index contributed by atoms with van der Waals surface area (Å²) in [5, 5.41) is 2.57. The molecule has 36 heavy (non-hydrogen) atoms. The molecule has 0 spiro atoms. The average Bonchev–Trinajstić information content (AvgIpc) is 2.89. The van der Waals surface area contributed by atoms with Crippen molar-refractivity contribution in [3.8, 4) is 0 Å². The van der Waals surface area contributed by atoms with E-state index in [9.17, 15) is 22.4 Å². The van der Waals surface area contributed by atoms with Gasteiger partial charge in [-0.05, 0) is 43.2 Å². The maximum atomic E-state index is 14.8. The minimum atomic E-state index is -4.30. The molecule has 3 rings (SSSR count). The normalized spacial score (nSPS) is 12.0. The van der Waals surface area contributed by atoms with Crippen LogP contribution in [0.5, 0.6) is 0 Å². The number of hydrogen-bond donors (Lipinski definition) is 1. The van der Waals surface area contributed by atoms with Crippen molar-refractivity contribution in [1.29, 1.82) is 0 Å². The average molecular weight is 512 g/mol. The van der Waals surface area contributed by atoms with Gasteiger partial charge in [0.15, 0.2) is 0 Å². The fraction of sp³-hybridized carbons (Fsp3) is 0.259. The van der Waals surface area contributed by atoms with Crippen molar-refractivity contribution >= 4 is 27.5 Å². The summed E-state index contributed by atoms with van der Waals surface area (Å²) in [4.78, 5) is 27.7. The lowest BCUT2D eigenvalue weighted by atomic mass is 10.1. The molecule has 2 amide bonds. The smallest absolute Gasteiger partial charge is 0.264 e. The summed E-state index contributed by atoms with van der Waals surface area (Å²) in [5.41, 5.74) is 1.56. The first-order chi connectivity index (χ1) is 17.2. The molecule has 7 nitrogen and oxygen atoms in total. The summed E-state index contributed by atoms with van der Waals surface area (Å²) in [5.74, 6) is -1.79. The van der Waals surface area contributed by atoms with Gasteiger partial charge < -0.3 is 10.2 Å². The van der Waals surface area contributed by atoms with Crippen LogP contribution in [0.25, 0.3) is 0 Å². The Morgan fingerprint density at radius 1 is 0.944 bits per heavy atom. The number of rotatable bonds is 10. The zero-order chi connectivity index (χ0) is 26.3. The number of carbonyl (C=O) groups is 2. The highest BCUT2D eigenvalue weighted by atomic mass is 32.2. The van der Waals surface area contributed by atoms with Crippen molar-refractivity contribution in [2.24, 2.45) is 0 Å². The minimum Gasteiger partial charge on any atom is -0.357 e. The number of carbonyl (C=O) groups excluding carboxylic acids is 2. The summed E-state index contributed by atoms with van der Waals surface area (Å²) >= 11 is 0. The maximum Gasteiger partial charge on any atom is 0.264 e. The Balaban J connectivity index is 2.05. The Bertz CT molecular complexity index is 1300. The molecule has 0 unspecified atom stereocenters. The molecular formula is C27H30FN3O4S. The second kappa shape index (κ2) is 11.8. The van der Waals surface area contributed by atoms with Gasteiger partial charge in [-0.3, -0.25) is 13.9 Å². The van der Waals surface area contributed by atoms with Crippen LogP contribution in [0.2, 0.25) is 0 Å². The van der Waals surface area contributed by atoms with Gasteiger partial charge in [0.25, 0.3) is 10.0 Å². The van der Waals surface area contributed by atoms with E-state index in [1.54, 1.807) is 25.1 Å². The van der Waals surface area contributed by atoms with Crippen molar-refractivity contribution in [3.05, 3.63) is 95.8 Å². The van der Waals surface area contributed by atoms with Crippen LogP contribution in [-0.2, 0) is 26.2 Å². The summed E-state index contributed by atoms with van der Waals surface area (Å²) < 4.78 is 42.8. The van der Waals surface area contributed by atoms with Crippen molar-refractivity contribution in [3.63, 3.8) is 0 Å². The molecule has 0 bridgehead atoms. The lowest BCUT2D eigenvalue weighted by Gasteiger charge is -2.33. The molecule has 0 saturated carbocycles. The van der Waals surface area contributed by atoms with Crippen molar-refractivity contribution in [2.75, 3.05) is 17.9 Å². The van der Waals surface area contributed by atoms with Gasteiger partial charge in [-0.15, -0.1) is 0 Å². The standard InChI is InChI=1S/C27H30FN3O4S/c1-4-24(27(33)29-3)30(18-21-16-14-20(2)15-17-21)26(32)19-31(25-13-9-8-12-23(25)28)36(34,35)22-10-6-5-7-11-22/h5-17,24H,4,18-19H2,1-3H3,(H,29,33)/t24-/m1/s1. The zero-order valence-electron chi connectivity index (χ0n) is 20.5. The van der Waals surface area contributed by atoms with E-state index in [0.717, 1.165) is 21.5 Å². The number of nitrogens with zero attached hydrogens (tertiary/aromatic N) is 2. The second-order valence-electron chi connectivity index (χ2n) is 8.32. The third-order valence-electron chi connectivity index (χ3n) is 5.84. The predicted octanol–water partition coefficient (Wildman–Crippen LogP) is 3.88. The van der Waals surface area contributed by atoms with Gasteiger partial charge in [0, 0.05) is 13.6 Å². The van der Waals surface area contributed by atoms with Gasteiger partial charge in [-0.1, -0.05) is 67.1 Å². The van der Waals surface area contributed by atoms with Crippen LogP contribution in [0.1, 0.15) is 24.5 Å². The predicted molar refractivity (Wildman–Crippen MR) is 137 cm³/mol. The first kappa shape index (κ1) is 26.9. The number of anilines is 1. The molecule has 9 heteroatoms. The van der Waals surface area contributed by atoms with Gasteiger partial charge in [-0.25, -0.2) is 12.8 Å². The lowest BCUT2D eigenvalue weighted by Crippen LogP contribution is -2.51. The van der Waals surface area contributed by atoms with E-state index >= 15 is 0 Å². The molecule has 0 radical (unpaired) electrons. The molecule has 0 fully saturated rings. The highest BCUT2D eigenvalue weighted by molar-refractivity contribution is 7.92. The zero-order valence-corrected chi connectivity index (χ0v) is 21.3. The van der Waals surface area contributed by atoms with Crippen molar-refractivity contribution in [1.82, 2.24) is 10.2 Å². The Morgan fingerprint density at radius 3 is 2.14 bits per heavy atom. The largest absolute Gasteiger partial charge is 0.357 e. The molecule has 1 atom stereocenters. The minimum absolute atomic E-state index is 0.0792. The fourth-order valence-electron chi connectivity index (χ4n) is 3.86. The number of amides is 2. The van der Waals surface area contributed by atoms with Crippen molar-refractivity contribution in [2.45, 2.75) is 37.8 Å². The first-order valence-electron chi connectivity index (χ1n) is 11.6. The lowest BCUT2D eigenvalue weighted by molar-refractivity contribution is -0.140. The van der Waals surface area contributed by atoms with Crippen LogP contribution < -0.4 is 9.62 Å². The van der Waals surface area contributed by atoms with Crippen LogP contribution in [0.15, 0.2) is 83.8 Å². The van der Waals surface area contributed by atoms with Gasteiger partial charge in [0.2, 0.25) is 11.8 Å². The van der Waals surface area contributed by atoms with Crippen molar-refractivity contribution < 1.29 is 22.4 Å². The Morgan fingerprint density at radius 2 is 1.56 bits per heavy atom. The van der Waals surface area contributed by atoms with E-state index in [2.05, 4.69) is 5.32 Å². The molecule has 0 aliphatic heterocycles. The van der Waals surface area contributed by atoms with Gasteiger partial charge in [0.1, 0.15) is 18.4 Å². The van der Waals surface area contributed by atoms with E-state index in [-0.39, 0.29) is 23.0 Å². The molecule has 0 aliphatic carbocycles. The molecule has 0 aliphatic rings. The SMILES string of the molecule is CC[C@H](C(=O)NC)N(Cc1ccc(C)cc1)C(=O)CN(c1ccccc1F)S(=O)(=O)c1ccccc1. The van der Waals surface area contributed by atoms with Crippen LogP contribution in [0.4, 0.5) is 10.1 Å². The fourth-order valence-corrected chi connectivity index (χ4v) is 5.31. The molecule has 0 heterocycles.